The molecule has 0 saturated carbocycles. The molecule has 3 unspecified atom stereocenters. The molecule has 30 heteroatoms. The average Bonchev–Trinajstić information content (AvgIpc) is 3.86. The number of alkyl halides is 1. The van der Waals surface area contributed by atoms with Gasteiger partial charge in [-0.2, -0.15) is 0 Å². The van der Waals surface area contributed by atoms with Gasteiger partial charge in [-0.3, -0.25) is 47.5 Å². The van der Waals surface area contributed by atoms with Crippen LogP contribution in [0, 0.1) is 0 Å². The maximum absolute atomic E-state index is 12.8. The van der Waals surface area contributed by atoms with Gasteiger partial charge >= 0.3 is 61.9 Å². The van der Waals surface area contributed by atoms with E-state index in [1.165, 1.54) is 33.4 Å². The summed E-state index contributed by atoms with van der Waals surface area (Å²) in [4.78, 5) is 110. The zero-order chi connectivity index (χ0) is 55.6. The van der Waals surface area contributed by atoms with Crippen molar-refractivity contribution in [3.63, 3.8) is 0 Å². The van der Waals surface area contributed by atoms with Crippen molar-refractivity contribution in [2.75, 3.05) is 24.9 Å². The smallest absolute Gasteiger partial charge is 0.756 e. The third kappa shape index (κ3) is 20.7. The second kappa shape index (κ2) is 29.9. The molecule has 404 valence electrons. The maximum atomic E-state index is 12.8. The van der Waals surface area contributed by atoms with Crippen LogP contribution in [0.25, 0.3) is 22.1 Å². The minimum absolute atomic E-state index is 0. The van der Waals surface area contributed by atoms with Crippen molar-refractivity contribution in [3.05, 3.63) is 119 Å². The van der Waals surface area contributed by atoms with Gasteiger partial charge in [-0.25, -0.2) is 33.7 Å². The summed E-state index contributed by atoms with van der Waals surface area (Å²) in [6, 6.07) is 26.4. The number of carbonyl (C=O) groups excluding carboxylic acids is 6. The van der Waals surface area contributed by atoms with Gasteiger partial charge in [-0.1, -0.05) is 72.3 Å². The molecule has 2 aromatic heterocycles. The third-order valence-electron chi connectivity index (χ3n) is 9.05. The van der Waals surface area contributed by atoms with Gasteiger partial charge in [0.1, 0.15) is 13.5 Å². The van der Waals surface area contributed by atoms with Gasteiger partial charge in [-0.15, -0.1) is 0 Å². The summed E-state index contributed by atoms with van der Waals surface area (Å²) < 4.78 is 67.6. The van der Waals surface area contributed by atoms with Crippen LogP contribution in [0.15, 0.2) is 97.1 Å². The Morgan fingerprint density at radius 1 is 0.605 bits per heavy atom. The molecule has 0 radical (unpaired) electrons. The van der Waals surface area contributed by atoms with Gasteiger partial charge in [0.15, 0.2) is 17.1 Å². The second-order valence-electron chi connectivity index (χ2n) is 15.5. The summed E-state index contributed by atoms with van der Waals surface area (Å²) >= 11 is 5.33. The van der Waals surface area contributed by atoms with Gasteiger partial charge in [-0.05, 0) is 77.9 Å². The Morgan fingerprint density at radius 3 is 1.37 bits per heavy atom. The Labute approximate surface area is 461 Å². The molecule has 2 amide bonds. The van der Waals surface area contributed by atoms with Crippen LogP contribution >= 0.6 is 27.2 Å². The molecule has 4 N–H and O–H groups in total. The van der Waals surface area contributed by atoms with Crippen molar-refractivity contribution in [1.82, 2.24) is 19.1 Å². The van der Waals surface area contributed by atoms with Crippen LogP contribution in [-0.4, -0.2) is 103 Å². The molecule has 76 heavy (non-hydrogen) atoms. The Kier molecular flexibility index (Phi) is 25.2. The van der Waals surface area contributed by atoms with E-state index in [1.807, 2.05) is 0 Å². The fraction of sp³-hybridized carbons (Fsp3) is 0.304. The first-order chi connectivity index (χ1) is 35.3. The summed E-state index contributed by atoms with van der Waals surface area (Å²) in [6.45, 7) is 8.10. The largest absolute Gasteiger partial charge is 1.00 e. The van der Waals surface area contributed by atoms with Crippen molar-refractivity contribution < 1.29 is 124 Å². The standard InChI is InChI=1S/C23H26N3O10P.C17H16N3O7P.C6H11ClO3.Na/c1-14(2)34-23(29)35-15(3)36-37(30,31)33-13-26-19-11-10-17(20(27)16-8-6-5-7-9-16)12-18(19)24-21(26)25-22(28)32-4;1-26-17(22)19-16-18-13-9-12(15(21)11-5-3-2-4-6-11)7-8-14(13)20(16)10-27-28(23,24)25;1-4(2)9-6(8)10-5(3)7;/h5-12,14-15H,13H2,1-4H3,(H,30,31)(H,24,25,28);2-9H,10H2,1H3,(H,18,19,22)(H2,23,24,25);4-5H,1-3H3;/q;;;+1/p-1. The summed E-state index contributed by atoms with van der Waals surface area (Å²) in [5, 5.41) is 4.70. The van der Waals surface area contributed by atoms with E-state index in [4.69, 9.17) is 39.9 Å². The number of ketones is 2. The topological polar surface area (TPSA) is 343 Å². The fourth-order valence-electron chi connectivity index (χ4n) is 5.99. The Morgan fingerprint density at radius 2 is 1.00 bits per heavy atom. The molecule has 3 atom stereocenters. The number of aromatic nitrogens is 4. The average molecular weight is 1130 g/mol. The zero-order valence-electron chi connectivity index (χ0n) is 42.3. The van der Waals surface area contributed by atoms with E-state index in [0.29, 0.717) is 38.8 Å². The number of phosphoric acid groups is 2. The van der Waals surface area contributed by atoms with Crippen molar-refractivity contribution in [3.8, 4) is 0 Å². The Balaban J connectivity index is 0.000000343. The number of hydrogen-bond acceptors (Lipinski definition) is 20. The monoisotopic (exact) mass is 1130 g/mol. The van der Waals surface area contributed by atoms with E-state index in [-0.39, 0.29) is 64.6 Å². The van der Waals surface area contributed by atoms with Crippen molar-refractivity contribution >= 4 is 97.3 Å². The van der Waals surface area contributed by atoms with Gasteiger partial charge < -0.3 is 43.1 Å². The first-order valence-electron chi connectivity index (χ1n) is 21.9. The van der Waals surface area contributed by atoms with Crippen LogP contribution in [0.1, 0.15) is 73.4 Å². The number of imidazole rings is 2. The van der Waals surface area contributed by atoms with Crippen LogP contribution in [0.3, 0.4) is 0 Å². The fourth-order valence-corrected chi connectivity index (χ4v) is 7.06. The van der Waals surface area contributed by atoms with E-state index in [2.05, 4.69) is 44.1 Å². The molecule has 0 aliphatic rings. The Hall–Kier alpha value is -6.25. The molecule has 0 bridgehead atoms. The van der Waals surface area contributed by atoms with Crippen LogP contribution < -0.4 is 45.1 Å². The number of anilines is 2. The number of nitrogens with one attached hydrogen (secondary N) is 2. The third-order valence-corrected chi connectivity index (χ3v) is 10.6. The summed E-state index contributed by atoms with van der Waals surface area (Å²) in [7, 11) is -7.47. The second-order valence-corrected chi connectivity index (χ2v) is 18.7. The number of ether oxygens (including phenoxy) is 6. The maximum Gasteiger partial charge on any atom is 1.00 e. The number of hydrogen-bond donors (Lipinski definition) is 4. The zero-order valence-corrected chi connectivity index (χ0v) is 46.8. The van der Waals surface area contributed by atoms with Crippen LogP contribution in [0.4, 0.5) is 31.1 Å². The molecular weight excluding hydrogens is 1080 g/mol. The predicted molar refractivity (Wildman–Crippen MR) is 264 cm³/mol. The summed E-state index contributed by atoms with van der Waals surface area (Å²) in [5.74, 6) is -0.639. The number of rotatable bonds is 18. The minimum atomic E-state index is -5.01. The SMILES string of the molecule is CC(C)OC(=O)OC(C)Cl.COC(=O)Nc1nc2cc(C(=O)c3ccccc3)ccc2n1COP(=O)(O)O.COC(=O)Nc1nc2cc(C(=O)c3ccccc3)ccc2n1COP(=O)([O-])OC(C)OC(=O)OC(C)C.[Na+]. The predicted octanol–water partition coefficient (Wildman–Crippen LogP) is 5.46. The van der Waals surface area contributed by atoms with E-state index >= 15 is 0 Å². The molecule has 4 aromatic carbocycles. The molecule has 2 heterocycles. The number of halogens is 1. The quantitative estimate of drug-likeness (QED) is 0.0158. The van der Waals surface area contributed by atoms with E-state index in [1.54, 1.807) is 107 Å². The van der Waals surface area contributed by atoms with Crippen molar-refractivity contribution in [2.45, 2.75) is 79.1 Å². The molecule has 0 spiro atoms. The van der Waals surface area contributed by atoms with Crippen molar-refractivity contribution in [2.24, 2.45) is 0 Å². The van der Waals surface area contributed by atoms with Crippen molar-refractivity contribution in [1.29, 1.82) is 0 Å². The molecule has 6 rings (SSSR count). The van der Waals surface area contributed by atoms with Gasteiger partial charge in [0, 0.05) is 22.3 Å². The number of carbonyl (C=O) groups is 6. The van der Waals surface area contributed by atoms with Crippen LogP contribution in [0.5, 0.6) is 0 Å². The number of benzene rings is 4. The Bertz CT molecular complexity index is 3030. The number of fused-ring (bicyclic) bond motifs is 2. The number of nitrogens with zero attached hydrogens (tertiary/aromatic N) is 4. The summed E-state index contributed by atoms with van der Waals surface area (Å²) in [6.07, 6.45) is -5.71. The van der Waals surface area contributed by atoms with Crippen LogP contribution in [0.2, 0.25) is 0 Å². The van der Waals surface area contributed by atoms with Crippen LogP contribution in [-0.2, 0) is 64.6 Å². The van der Waals surface area contributed by atoms with E-state index in [0.717, 1.165) is 21.1 Å². The van der Waals surface area contributed by atoms with Gasteiger partial charge in [0.2, 0.25) is 18.2 Å². The van der Waals surface area contributed by atoms with E-state index in [9.17, 15) is 42.8 Å². The van der Waals surface area contributed by atoms with Gasteiger partial charge in [0.25, 0.3) is 7.82 Å². The first kappa shape index (κ1) is 64.0. The number of methoxy groups -OCH3 is 2. The molecular formula is C46H52ClN6NaO20P2. The molecule has 0 fully saturated rings. The molecule has 0 aliphatic heterocycles. The molecule has 26 nitrogen and oxygen atoms in total. The number of amides is 2. The molecule has 6 aromatic rings. The van der Waals surface area contributed by atoms with Gasteiger partial charge in [0.05, 0.1) is 48.5 Å². The number of phosphoric ester groups is 2. The molecule has 0 aliphatic carbocycles. The van der Waals surface area contributed by atoms with E-state index < -0.39 is 71.6 Å². The minimum Gasteiger partial charge on any atom is -0.756 e. The molecule has 0 saturated heterocycles. The normalized spacial score (nSPS) is 12.5. The summed E-state index contributed by atoms with van der Waals surface area (Å²) in [5.41, 5.74) is 2.34. The first-order valence-corrected chi connectivity index (χ1v) is 25.3.